The Morgan fingerprint density at radius 2 is 2.00 bits per heavy atom. The number of aromatic nitrogens is 2. The van der Waals surface area contributed by atoms with Gasteiger partial charge in [-0.2, -0.15) is 0 Å². The average molecular weight is 591 g/mol. The molecule has 17 nitrogen and oxygen atoms in total. The molecule has 0 saturated carbocycles. The molecule has 2 fully saturated rings. The summed E-state index contributed by atoms with van der Waals surface area (Å²) in [5, 5.41) is 53.9. The van der Waals surface area contributed by atoms with E-state index in [1.165, 1.54) is 13.1 Å². The summed E-state index contributed by atoms with van der Waals surface area (Å²) in [6, 6.07) is -0.865. The Bertz CT molecular complexity index is 1090. The smallest absolute Gasteiger partial charge is 0.858 e. The van der Waals surface area contributed by atoms with Gasteiger partial charge in [-0.3, -0.25) is 13.6 Å². The summed E-state index contributed by atoms with van der Waals surface area (Å²) in [5.74, 6) is -0.681. The Hall–Kier alpha value is -0.790. The molecule has 1 unspecified atom stereocenters. The first-order valence-corrected chi connectivity index (χ1v) is 13.5. The second-order valence-corrected chi connectivity index (χ2v) is 10.9. The first-order valence-electron chi connectivity index (χ1n) is 11.0. The summed E-state index contributed by atoms with van der Waals surface area (Å²) in [4.78, 5) is 28.2. The third-order valence-electron chi connectivity index (χ3n) is 5.67. The molecular weight excluding hydrogens is 564 g/mol. The number of thioether (sulfide) groups is 1. The van der Waals surface area contributed by atoms with Gasteiger partial charge in [0, 0.05) is 23.3 Å². The summed E-state index contributed by atoms with van der Waals surface area (Å²) in [6.45, 7) is -0.00728. The van der Waals surface area contributed by atoms with Crippen molar-refractivity contribution in [1.82, 2.24) is 9.55 Å². The van der Waals surface area contributed by atoms with Gasteiger partial charge >= 0.3 is 43.1 Å². The summed E-state index contributed by atoms with van der Waals surface area (Å²) in [5.41, 5.74) is 7.12. The molecule has 208 valence electrons. The average Bonchev–Trinajstić information content (AvgIpc) is 3.25. The van der Waals surface area contributed by atoms with Crippen LogP contribution in [0, 0.1) is 6.92 Å². The fourth-order valence-corrected chi connectivity index (χ4v) is 5.56. The van der Waals surface area contributed by atoms with Crippen LogP contribution in [-0.4, -0.2) is 102 Å². The maximum absolute atomic E-state index is 12.3. The van der Waals surface area contributed by atoms with Crippen molar-refractivity contribution in [2.75, 3.05) is 25.6 Å². The maximum atomic E-state index is 12.3. The van der Waals surface area contributed by atoms with E-state index >= 15 is 0 Å². The number of azide groups is 1. The van der Waals surface area contributed by atoms with Gasteiger partial charge < -0.3 is 39.9 Å². The molecule has 5 N–H and O–H groups in total. The molecule has 2 aliphatic heterocycles. The van der Waals surface area contributed by atoms with Crippen LogP contribution in [0.15, 0.2) is 16.1 Å². The van der Waals surface area contributed by atoms with Crippen LogP contribution in [0.5, 0.6) is 5.88 Å². The van der Waals surface area contributed by atoms with Gasteiger partial charge in [-0.1, -0.05) is 5.11 Å². The standard InChI is InChI=1S/C18H28N5O12PS.Na/c1-8-5-23(18(29)20-16(8)28)12-4-9(21-22-19)11(34-12)7-33-36(30,31)32-2-3-37-17-15(27)14(26)13(25)10(6-24)35-17;/h5,9-15,17,24-27H,2-4,6-7H2,1H3,(H,30,31)(H,20,28,29);/q;+1/p-1/t9-,10+,11+,12+,13+,14-,15+,17-;/m0./s1. The second kappa shape index (κ2) is 14.7. The molecule has 0 spiro atoms. The minimum Gasteiger partial charge on any atom is -0.858 e. The van der Waals surface area contributed by atoms with Crippen molar-refractivity contribution in [1.29, 1.82) is 0 Å². The van der Waals surface area contributed by atoms with Gasteiger partial charge in [0.25, 0.3) is 0 Å². The molecule has 0 amide bonds. The molecule has 2 aliphatic rings. The number of rotatable bonds is 11. The van der Waals surface area contributed by atoms with Crippen molar-refractivity contribution in [2.45, 2.75) is 61.6 Å². The molecule has 38 heavy (non-hydrogen) atoms. The van der Waals surface area contributed by atoms with Crippen LogP contribution < -0.4 is 40.4 Å². The SMILES string of the molecule is Cc1cn([C@H]2C[C@H](N=[N+]=[N-])[C@@H](COP(=O)(O)OCCS[C@@H]3O[C@H](CO)[C@@H](O)[C@H](O)[C@H]3O)O2)c(=O)nc1[O-].[Na+]. The Labute approximate surface area is 242 Å². The number of aliphatic hydroxyl groups is 4. The molecule has 3 rings (SSSR count). The van der Waals surface area contributed by atoms with E-state index in [1.807, 2.05) is 0 Å². The van der Waals surface area contributed by atoms with Crippen molar-refractivity contribution in [3.63, 3.8) is 0 Å². The van der Waals surface area contributed by atoms with Crippen LogP contribution in [0.3, 0.4) is 0 Å². The summed E-state index contributed by atoms with van der Waals surface area (Å²) in [6.07, 6.45) is -6.32. The van der Waals surface area contributed by atoms with Crippen molar-refractivity contribution >= 4 is 19.6 Å². The van der Waals surface area contributed by atoms with Crippen LogP contribution >= 0.6 is 19.6 Å². The molecule has 9 atom stereocenters. The fraction of sp³-hybridized carbons (Fsp3) is 0.778. The van der Waals surface area contributed by atoms with E-state index < -0.39 is 80.8 Å². The van der Waals surface area contributed by atoms with Gasteiger partial charge in [-0.05, 0) is 23.9 Å². The van der Waals surface area contributed by atoms with Crippen molar-refractivity contribution in [3.8, 4) is 5.88 Å². The maximum Gasteiger partial charge on any atom is 1.00 e. The molecule has 20 heteroatoms. The zero-order valence-corrected chi connectivity index (χ0v) is 24.1. The molecule has 0 aliphatic carbocycles. The van der Waals surface area contributed by atoms with Crippen molar-refractivity contribution in [2.24, 2.45) is 5.11 Å². The second-order valence-electron chi connectivity index (χ2n) is 8.22. The summed E-state index contributed by atoms with van der Waals surface area (Å²) in [7, 11) is -4.61. The third kappa shape index (κ3) is 8.36. The Morgan fingerprint density at radius 3 is 2.66 bits per heavy atom. The van der Waals surface area contributed by atoms with Crippen LogP contribution in [0.2, 0.25) is 0 Å². The van der Waals surface area contributed by atoms with Gasteiger partial charge in [0.1, 0.15) is 36.1 Å². The van der Waals surface area contributed by atoms with Crippen LogP contribution in [0.4, 0.5) is 0 Å². The number of phosphoric acid groups is 1. The fourth-order valence-electron chi connectivity index (χ4n) is 3.71. The van der Waals surface area contributed by atoms with Gasteiger partial charge in [0.2, 0.25) is 0 Å². The molecule has 0 aromatic carbocycles. The van der Waals surface area contributed by atoms with E-state index in [2.05, 4.69) is 15.0 Å². The van der Waals surface area contributed by atoms with Gasteiger partial charge in [-0.15, -0.1) is 11.8 Å². The van der Waals surface area contributed by atoms with Gasteiger partial charge in [0.15, 0.2) is 0 Å². The predicted molar refractivity (Wildman–Crippen MR) is 122 cm³/mol. The zero-order valence-electron chi connectivity index (χ0n) is 20.4. The number of ether oxygens (including phenoxy) is 2. The van der Waals surface area contributed by atoms with E-state index in [-0.39, 0.29) is 53.9 Å². The predicted octanol–water partition coefficient (Wildman–Crippen LogP) is -4.74. The number of aliphatic hydroxyl groups excluding tert-OH is 4. The molecule has 2 saturated heterocycles. The molecule has 0 radical (unpaired) electrons. The summed E-state index contributed by atoms with van der Waals surface area (Å²) >= 11 is 0.915. The van der Waals surface area contributed by atoms with E-state index in [9.17, 15) is 39.8 Å². The van der Waals surface area contributed by atoms with Crippen molar-refractivity contribution < 1.29 is 83.1 Å². The van der Waals surface area contributed by atoms with E-state index in [0.29, 0.717) is 0 Å². The third-order valence-corrected chi connectivity index (χ3v) is 7.78. The molecular formula is C18H27N5NaO12PS. The number of hydrogen-bond donors (Lipinski definition) is 5. The van der Waals surface area contributed by atoms with E-state index in [0.717, 1.165) is 16.3 Å². The topological polar surface area (TPSA) is 262 Å². The Morgan fingerprint density at radius 1 is 1.29 bits per heavy atom. The first kappa shape index (κ1) is 33.4. The number of nitrogens with zero attached hydrogens (tertiary/aromatic N) is 5. The first-order chi connectivity index (χ1) is 17.5. The minimum absolute atomic E-state index is 0. The molecule has 1 aromatic rings. The number of phosphoric ester groups is 1. The molecule has 1 aromatic heterocycles. The minimum atomic E-state index is -4.61. The normalized spacial score (nSPS) is 32.7. The quantitative estimate of drug-likeness (QED) is 0.0404. The van der Waals surface area contributed by atoms with Crippen LogP contribution in [0.25, 0.3) is 10.4 Å². The van der Waals surface area contributed by atoms with Gasteiger partial charge in [0.05, 0.1) is 32.0 Å². The Kier molecular flexibility index (Phi) is 13.0. The van der Waals surface area contributed by atoms with E-state index in [1.54, 1.807) is 0 Å². The largest absolute Gasteiger partial charge is 1.00 e. The summed E-state index contributed by atoms with van der Waals surface area (Å²) < 4.78 is 34.2. The molecule has 3 heterocycles. The van der Waals surface area contributed by atoms with Crippen molar-refractivity contribution in [3.05, 3.63) is 32.7 Å². The number of hydrogen-bond acceptors (Lipinski definition) is 14. The van der Waals surface area contributed by atoms with Crippen LogP contribution in [0.1, 0.15) is 18.2 Å². The van der Waals surface area contributed by atoms with Gasteiger partial charge in [-0.25, -0.2) is 14.3 Å². The van der Waals surface area contributed by atoms with E-state index in [4.69, 9.17) is 24.1 Å². The molecule has 0 bridgehead atoms. The Balaban J connectivity index is 0.00000507. The number of aryl methyl sites for hydroxylation is 1. The zero-order chi connectivity index (χ0) is 27.3. The monoisotopic (exact) mass is 591 g/mol. The van der Waals surface area contributed by atoms with Crippen LogP contribution in [-0.2, 0) is 23.1 Å².